The van der Waals surface area contributed by atoms with Crippen molar-refractivity contribution < 1.29 is 9.90 Å². The Morgan fingerprint density at radius 2 is 1.89 bits per heavy atom. The molecule has 0 saturated carbocycles. The molecule has 1 aromatic rings. The topological polar surface area (TPSA) is 37.3 Å². The molecule has 0 unspecified atom stereocenters. The first-order chi connectivity index (χ1) is 8.21. The fourth-order valence-electron chi connectivity index (χ4n) is 2.09. The van der Waals surface area contributed by atoms with E-state index in [9.17, 15) is 4.79 Å². The molecule has 0 aliphatic heterocycles. The monoisotopic (exact) mass is 248 g/mol. The number of rotatable bonds is 4. The lowest BCUT2D eigenvalue weighted by atomic mass is 9.83. The van der Waals surface area contributed by atoms with Crippen molar-refractivity contribution in [1.82, 2.24) is 0 Å². The number of carbonyl (C=O) groups is 1. The van der Waals surface area contributed by atoms with Crippen molar-refractivity contribution in [3.05, 3.63) is 34.9 Å². The lowest BCUT2D eigenvalue weighted by Gasteiger charge is -2.22. The van der Waals surface area contributed by atoms with Gasteiger partial charge in [0.25, 0.3) is 0 Å². The number of carboxylic acid groups (broad SMARTS) is 1. The zero-order valence-corrected chi connectivity index (χ0v) is 12.1. The molecule has 0 aliphatic carbocycles. The van der Waals surface area contributed by atoms with Crippen LogP contribution >= 0.6 is 0 Å². The Bertz CT molecular complexity index is 425. The third-order valence-electron chi connectivity index (χ3n) is 3.24. The van der Waals surface area contributed by atoms with Crippen LogP contribution < -0.4 is 0 Å². The standard InChI is InChI=1S/C16H24O2/c1-11(2)14-8-7-13(16(3,4)5)10-12(14)6-9-15(17)18/h7-8,10-11H,6,9H2,1-5H3,(H,17,18). The van der Waals surface area contributed by atoms with Gasteiger partial charge in [0.15, 0.2) is 0 Å². The summed E-state index contributed by atoms with van der Waals surface area (Å²) < 4.78 is 0. The second kappa shape index (κ2) is 5.55. The Kier molecular flexibility index (Phi) is 4.55. The van der Waals surface area contributed by atoms with Gasteiger partial charge >= 0.3 is 5.97 Å². The Balaban J connectivity index is 3.11. The van der Waals surface area contributed by atoms with Gasteiger partial charge in [-0.3, -0.25) is 4.79 Å². The van der Waals surface area contributed by atoms with Gasteiger partial charge in [0.1, 0.15) is 0 Å². The van der Waals surface area contributed by atoms with Crippen LogP contribution in [-0.2, 0) is 16.6 Å². The molecule has 0 atom stereocenters. The molecular weight excluding hydrogens is 224 g/mol. The van der Waals surface area contributed by atoms with Crippen molar-refractivity contribution in [3.63, 3.8) is 0 Å². The molecule has 0 heterocycles. The summed E-state index contributed by atoms with van der Waals surface area (Å²) in [7, 11) is 0. The third-order valence-corrected chi connectivity index (χ3v) is 3.24. The summed E-state index contributed by atoms with van der Waals surface area (Å²) in [4.78, 5) is 10.7. The third kappa shape index (κ3) is 3.86. The number of aryl methyl sites for hydroxylation is 1. The van der Waals surface area contributed by atoms with Crippen LogP contribution in [0.5, 0.6) is 0 Å². The zero-order valence-electron chi connectivity index (χ0n) is 12.1. The Morgan fingerprint density at radius 3 is 2.33 bits per heavy atom. The quantitative estimate of drug-likeness (QED) is 0.870. The summed E-state index contributed by atoms with van der Waals surface area (Å²) in [5, 5.41) is 8.83. The highest BCUT2D eigenvalue weighted by atomic mass is 16.4. The first-order valence-electron chi connectivity index (χ1n) is 6.57. The van der Waals surface area contributed by atoms with Crippen LogP contribution in [-0.4, -0.2) is 11.1 Å². The van der Waals surface area contributed by atoms with Gasteiger partial charge in [0.05, 0.1) is 0 Å². The molecule has 18 heavy (non-hydrogen) atoms. The molecule has 0 aliphatic rings. The van der Waals surface area contributed by atoms with E-state index >= 15 is 0 Å². The summed E-state index contributed by atoms with van der Waals surface area (Å²) in [6, 6.07) is 6.50. The first-order valence-corrected chi connectivity index (χ1v) is 6.57. The van der Waals surface area contributed by atoms with Crippen molar-refractivity contribution in [2.75, 3.05) is 0 Å². The number of hydrogen-bond donors (Lipinski definition) is 1. The molecule has 2 nitrogen and oxygen atoms in total. The molecule has 0 radical (unpaired) electrons. The number of carboxylic acids is 1. The predicted octanol–water partition coefficient (Wildman–Crippen LogP) is 4.12. The van der Waals surface area contributed by atoms with Crippen molar-refractivity contribution in [2.45, 2.75) is 58.8 Å². The van der Waals surface area contributed by atoms with Gasteiger partial charge in [0.2, 0.25) is 0 Å². The predicted molar refractivity (Wildman–Crippen MR) is 75.2 cm³/mol. The van der Waals surface area contributed by atoms with E-state index in [-0.39, 0.29) is 11.8 Å². The van der Waals surface area contributed by atoms with Crippen LogP contribution in [0.1, 0.15) is 63.6 Å². The van der Waals surface area contributed by atoms with E-state index in [4.69, 9.17) is 5.11 Å². The van der Waals surface area contributed by atoms with Crippen LogP contribution in [0.4, 0.5) is 0 Å². The van der Waals surface area contributed by atoms with Crippen molar-refractivity contribution in [1.29, 1.82) is 0 Å². The minimum Gasteiger partial charge on any atom is -0.481 e. The van der Waals surface area contributed by atoms with E-state index in [1.54, 1.807) is 0 Å². The van der Waals surface area contributed by atoms with E-state index in [1.807, 2.05) is 0 Å². The van der Waals surface area contributed by atoms with E-state index in [2.05, 4.69) is 52.8 Å². The van der Waals surface area contributed by atoms with E-state index in [1.165, 1.54) is 16.7 Å². The Hall–Kier alpha value is -1.31. The minimum absolute atomic E-state index is 0.105. The van der Waals surface area contributed by atoms with Crippen molar-refractivity contribution in [2.24, 2.45) is 0 Å². The fraction of sp³-hybridized carbons (Fsp3) is 0.562. The summed E-state index contributed by atoms with van der Waals surface area (Å²) in [5.41, 5.74) is 3.82. The highest BCUT2D eigenvalue weighted by Crippen LogP contribution is 2.28. The summed E-state index contributed by atoms with van der Waals surface area (Å²) in [6.45, 7) is 10.8. The van der Waals surface area contributed by atoms with Crippen molar-refractivity contribution in [3.8, 4) is 0 Å². The van der Waals surface area contributed by atoms with Gasteiger partial charge < -0.3 is 5.11 Å². The number of benzene rings is 1. The van der Waals surface area contributed by atoms with Crippen LogP contribution in [0.3, 0.4) is 0 Å². The maximum absolute atomic E-state index is 10.7. The van der Waals surface area contributed by atoms with E-state index < -0.39 is 5.97 Å². The maximum Gasteiger partial charge on any atom is 0.303 e. The van der Waals surface area contributed by atoms with Crippen LogP contribution in [0.2, 0.25) is 0 Å². The molecule has 0 bridgehead atoms. The highest BCUT2D eigenvalue weighted by Gasteiger charge is 2.16. The SMILES string of the molecule is CC(C)c1ccc(C(C)(C)C)cc1CCC(=O)O. The maximum atomic E-state index is 10.7. The van der Waals surface area contributed by atoms with Gasteiger partial charge in [0, 0.05) is 6.42 Å². The molecule has 0 spiro atoms. The number of aliphatic carboxylic acids is 1. The van der Waals surface area contributed by atoms with Crippen LogP contribution in [0, 0.1) is 0 Å². The fourth-order valence-corrected chi connectivity index (χ4v) is 2.09. The molecule has 0 fully saturated rings. The van der Waals surface area contributed by atoms with Gasteiger partial charge in [-0.15, -0.1) is 0 Å². The average Bonchev–Trinajstić information content (AvgIpc) is 2.24. The van der Waals surface area contributed by atoms with Crippen LogP contribution in [0.15, 0.2) is 18.2 Å². The number of hydrogen-bond acceptors (Lipinski definition) is 1. The molecule has 1 N–H and O–H groups in total. The molecule has 2 heteroatoms. The molecule has 1 aromatic carbocycles. The molecule has 1 rings (SSSR count). The lowest BCUT2D eigenvalue weighted by molar-refractivity contribution is -0.136. The summed E-state index contributed by atoms with van der Waals surface area (Å²) in [6.07, 6.45) is 0.820. The lowest BCUT2D eigenvalue weighted by Crippen LogP contribution is -2.13. The van der Waals surface area contributed by atoms with Gasteiger partial charge in [-0.05, 0) is 34.4 Å². The zero-order chi connectivity index (χ0) is 13.9. The van der Waals surface area contributed by atoms with Gasteiger partial charge in [-0.2, -0.15) is 0 Å². The Labute approximate surface area is 110 Å². The summed E-state index contributed by atoms with van der Waals surface area (Å²) in [5.74, 6) is -0.298. The highest BCUT2D eigenvalue weighted by molar-refractivity contribution is 5.67. The van der Waals surface area contributed by atoms with Crippen molar-refractivity contribution >= 4 is 5.97 Å². The second-order valence-corrected chi connectivity index (χ2v) is 6.21. The first kappa shape index (κ1) is 14.7. The molecule has 100 valence electrons. The smallest absolute Gasteiger partial charge is 0.303 e. The second-order valence-electron chi connectivity index (χ2n) is 6.21. The molecular formula is C16H24O2. The summed E-state index contributed by atoms with van der Waals surface area (Å²) >= 11 is 0. The van der Waals surface area contributed by atoms with E-state index in [0.29, 0.717) is 12.3 Å². The van der Waals surface area contributed by atoms with Gasteiger partial charge in [-0.25, -0.2) is 0 Å². The molecule has 0 aromatic heterocycles. The van der Waals surface area contributed by atoms with E-state index in [0.717, 1.165) is 0 Å². The largest absolute Gasteiger partial charge is 0.481 e. The minimum atomic E-state index is -0.731. The normalized spacial score (nSPS) is 11.9. The average molecular weight is 248 g/mol. The Morgan fingerprint density at radius 1 is 1.28 bits per heavy atom. The van der Waals surface area contributed by atoms with Gasteiger partial charge in [-0.1, -0.05) is 52.8 Å². The molecule has 0 amide bonds. The molecule has 0 saturated heterocycles. The van der Waals surface area contributed by atoms with Crippen LogP contribution in [0.25, 0.3) is 0 Å².